The van der Waals surface area contributed by atoms with Crippen LogP contribution in [-0.4, -0.2) is 40.1 Å². The van der Waals surface area contributed by atoms with Crippen molar-refractivity contribution < 1.29 is 13.3 Å². The van der Waals surface area contributed by atoms with E-state index in [1.807, 2.05) is 0 Å². The largest absolute Gasteiger partial charge is 0.509 e. The van der Waals surface area contributed by atoms with Gasteiger partial charge in [-0.15, -0.1) is 11.8 Å². The van der Waals surface area contributed by atoms with Gasteiger partial charge in [0.25, 0.3) is 0 Å². The molecule has 0 heterocycles. The van der Waals surface area contributed by atoms with E-state index >= 15 is 0 Å². The van der Waals surface area contributed by atoms with Crippen molar-refractivity contribution in [1.29, 1.82) is 0 Å². The van der Waals surface area contributed by atoms with Gasteiger partial charge in [0, 0.05) is 21.3 Å². The molecule has 6 heteroatoms. The van der Waals surface area contributed by atoms with E-state index in [0.29, 0.717) is 0 Å². The SMILES string of the molecule is CCSC(=S)C(CC)[Si](OC)(OC)OC. The highest BCUT2D eigenvalue weighted by molar-refractivity contribution is 8.23. The second-order valence-corrected chi connectivity index (χ2v) is 8.06. The second-order valence-electron chi connectivity index (χ2n) is 2.93. The lowest BCUT2D eigenvalue weighted by molar-refractivity contribution is 0.118. The van der Waals surface area contributed by atoms with Crippen molar-refractivity contribution in [3.05, 3.63) is 0 Å². The van der Waals surface area contributed by atoms with E-state index in [1.165, 1.54) is 0 Å². The van der Waals surface area contributed by atoms with Gasteiger partial charge >= 0.3 is 8.80 Å². The van der Waals surface area contributed by atoms with Gasteiger partial charge in [-0.2, -0.15) is 0 Å². The molecule has 0 amide bonds. The maximum absolute atomic E-state index is 5.45. The zero-order valence-corrected chi connectivity index (χ0v) is 12.7. The Hall–Kier alpha value is 0.537. The first-order valence-electron chi connectivity index (χ1n) is 4.93. The highest BCUT2D eigenvalue weighted by atomic mass is 32.2. The highest BCUT2D eigenvalue weighted by Crippen LogP contribution is 2.33. The van der Waals surface area contributed by atoms with Crippen molar-refractivity contribution in [3.8, 4) is 0 Å². The summed E-state index contributed by atoms with van der Waals surface area (Å²) in [5.41, 5.74) is 0.0949. The minimum absolute atomic E-state index is 0.0949. The third kappa shape index (κ3) is 3.79. The first-order valence-corrected chi connectivity index (χ1v) is 8.13. The fraction of sp³-hybridized carbons (Fsp3) is 0.889. The standard InChI is InChI=1S/C9H20O3S2Si/c1-6-8(9(13)14-7-2)15(10-3,11-4)12-5/h8H,6-7H2,1-5H3. The summed E-state index contributed by atoms with van der Waals surface area (Å²) in [6.45, 7) is 4.16. The van der Waals surface area contributed by atoms with Gasteiger partial charge in [-0.25, -0.2) is 0 Å². The topological polar surface area (TPSA) is 27.7 Å². The molecule has 0 radical (unpaired) electrons. The van der Waals surface area contributed by atoms with E-state index in [9.17, 15) is 0 Å². The van der Waals surface area contributed by atoms with Crippen molar-refractivity contribution in [3.63, 3.8) is 0 Å². The quantitative estimate of drug-likeness (QED) is 0.523. The molecule has 0 rings (SSSR count). The molecule has 0 aliphatic heterocycles. The van der Waals surface area contributed by atoms with Crippen LogP contribution in [0.1, 0.15) is 20.3 Å². The Morgan fingerprint density at radius 3 is 1.93 bits per heavy atom. The lowest BCUT2D eigenvalue weighted by atomic mass is 10.4. The van der Waals surface area contributed by atoms with Crippen molar-refractivity contribution in [2.24, 2.45) is 0 Å². The molecule has 0 bridgehead atoms. The Morgan fingerprint density at radius 1 is 1.20 bits per heavy atom. The molecule has 3 nitrogen and oxygen atoms in total. The van der Waals surface area contributed by atoms with Gasteiger partial charge in [0.05, 0.1) is 9.74 Å². The molecular formula is C9H20O3S2Si. The van der Waals surface area contributed by atoms with Crippen LogP contribution in [0.2, 0.25) is 5.54 Å². The Bertz CT molecular complexity index is 190. The lowest BCUT2D eigenvalue weighted by Crippen LogP contribution is -2.49. The summed E-state index contributed by atoms with van der Waals surface area (Å²) < 4.78 is 17.3. The van der Waals surface area contributed by atoms with Gasteiger partial charge in [-0.3, -0.25) is 0 Å². The van der Waals surface area contributed by atoms with Crippen molar-refractivity contribution in [2.45, 2.75) is 25.8 Å². The smallest absolute Gasteiger partial charge is 0.376 e. The molecule has 0 N–H and O–H groups in total. The van der Waals surface area contributed by atoms with Crippen LogP contribution in [0.3, 0.4) is 0 Å². The number of thioether (sulfide) groups is 1. The van der Waals surface area contributed by atoms with E-state index < -0.39 is 8.80 Å². The molecule has 90 valence electrons. The first-order chi connectivity index (χ1) is 7.11. The monoisotopic (exact) mass is 268 g/mol. The minimum Gasteiger partial charge on any atom is -0.376 e. The molecule has 15 heavy (non-hydrogen) atoms. The number of rotatable bonds is 7. The van der Waals surface area contributed by atoms with E-state index in [2.05, 4.69) is 13.8 Å². The van der Waals surface area contributed by atoms with E-state index in [4.69, 9.17) is 25.5 Å². The van der Waals surface area contributed by atoms with Gasteiger partial charge in [0.1, 0.15) is 0 Å². The molecule has 0 spiro atoms. The maximum atomic E-state index is 5.45. The predicted octanol–water partition coefficient (Wildman–Crippen LogP) is 2.73. The summed E-state index contributed by atoms with van der Waals surface area (Å²) in [6.07, 6.45) is 0.883. The average Bonchev–Trinajstić information content (AvgIpc) is 2.26. The number of hydrogen-bond donors (Lipinski definition) is 0. The number of hydrogen-bond acceptors (Lipinski definition) is 5. The normalized spacial score (nSPS) is 13.9. The summed E-state index contributed by atoms with van der Waals surface area (Å²) in [4.78, 5) is 0. The molecule has 0 saturated carbocycles. The summed E-state index contributed by atoms with van der Waals surface area (Å²) in [6, 6.07) is 0. The Morgan fingerprint density at radius 2 is 1.67 bits per heavy atom. The van der Waals surface area contributed by atoms with Crippen LogP contribution in [0, 0.1) is 0 Å². The Labute approximate surface area is 103 Å². The Kier molecular flexibility index (Phi) is 8.03. The molecule has 1 atom stereocenters. The molecule has 0 fully saturated rings. The van der Waals surface area contributed by atoms with Crippen LogP contribution in [0.15, 0.2) is 0 Å². The van der Waals surface area contributed by atoms with Gasteiger partial charge < -0.3 is 13.3 Å². The third-order valence-electron chi connectivity index (χ3n) is 2.26. The van der Waals surface area contributed by atoms with Gasteiger partial charge in [-0.1, -0.05) is 26.1 Å². The van der Waals surface area contributed by atoms with Crippen LogP contribution in [0.4, 0.5) is 0 Å². The molecule has 0 aromatic carbocycles. The summed E-state index contributed by atoms with van der Waals surface area (Å²) in [5, 5.41) is 0. The minimum atomic E-state index is -2.61. The van der Waals surface area contributed by atoms with Crippen LogP contribution in [0.25, 0.3) is 0 Å². The van der Waals surface area contributed by atoms with Crippen LogP contribution >= 0.6 is 24.0 Å². The zero-order chi connectivity index (χ0) is 11.9. The molecule has 0 aromatic rings. The van der Waals surface area contributed by atoms with Crippen molar-refractivity contribution >= 4 is 37.0 Å². The predicted molar refractivity (Wildman–Crippen MR) is 71.6 cm³/mol. The first kappa shape index (κ1) is 15.5. The van der Waals surface area contributed by atoms with Crippen molar-refractivity contribution in [2.75, 3.05) is 27.1 Å². The van der Waals surface area contributed by atoms with E-state index in [0.717, 1.165) is 16.4 Å². The van der Waals surface area contributed by atoms with Gasteiger partial charge in [0.15, 0.2) is 0 Å². The van der Waals surface area contributed by atoms with Crippen LogP contribution in [0.5, 0.6) is 0 Å². The van der Waals surface area contributed by atoms with Gasteiger partial charge in [-0.05, 0) is 12.2 Å². The highest BCUT2D eigenvalue weighted by Gasteiger charge is 2.48. The zero-order valence-electron chi connectivity index (χ0n) is 10.0. The van der Waals surface area contributed by atoms with Crippen molar-refractivity contribution in [1.82, 2.24) is 0 Å². The molecule has 0 aromatic heterocycles. The van der Waals surface area contributed by atoms with E-state index in [1.54, 1.807) is 33.1 Å². The number of thiocarbonyl (C=S) groups is 1. The van der Waals surface area contributed by atoms with Gasteiger partial charge in [0.2, 0.25) is 0 Å². The molecule has 0 aliphatic rings. The fourth-order valence-corrected chi connectivity index (χ4v) is 5.91. The second kappa shape index (κ2) is 7.75. The summed E-state index contributed by atoms with van der Waals surface area (Å²) in [5.74, 6) is 0.969. The summed E-state index contributed by atoms with van der Waals surface area (Å²) in [7, 11) is 2.27. The fourth-order valence-electron chi connectivity index (χ4n) is 1.48. The van der Waals surface area contributed by atoms with Crippen LogP contribution in [-0.2, 0) is 13.3 Å². The van der Waals surface area contributed by atoms with E-state index in [-0.39, 0.29) is 5.54 Å². The summed E-state index contributed by atoms with van der Waals surface area (Å²) >= 11 is 7.04. The lowest BCUT2D eigenvalue weighted by Gasteiger charge is -2.31. The van der Waals surface area contributed by atoms with Crippen LogP contribution < -0.4 is 0 Å². The molecule has 0 saturated heterocycles. The molecule has 1 unspecified atom stereocenters. The Balaban J connectivity index is 4.80. The molecular weight excluding hydrogens is 248 g/mol. The maximum Gasteiger partial charge on any atom is 0.509 e. The third-order valence-corrected chi connectivity index (χ3v) is 7.43. The molecule has 0 aliphatic carbocycles. The average molecular weight is 268 g/mol.